The lowest BCUT2D eigenvalue weighted by atomic mass is 9.89. The summed E-state index contributed by atoms with van der Waals surface area (Å²) in [5, 5.41) is 14.2. The highest BCUT2D eigenvalue weighted by molar-refractivity contribution is 5.56. The Hall–Kier alpha value is -1.78. The quantitative estimate of drug-likeness (QED) is 0.624. The Morgan fingerprint density at radius 1 is 1.29 bits per heavy atom. The fraction of sp³-hybridized carbons (Fsp3) is 0.625. The molecule has 1 aromatic rings. The largest absolute Gasteiger partial charge is 0.490 e. The number of nitro groups is 1. The highest BCUT2D eigenvalue weighted by atomic mass is 16.6. The van der Waals surface area contributed by atoms with Crippen LogP contribution in [0.2, 0.25) is 0 Å². The van der Waals surface area contributed by atoms with Gasteiger partial charge in [-0.15, -0.1) is 0 Å². The van der Waals surface area contributed by atoms with Crippen molar-refractivity contribution in [2.75, 3.05) is 11.9 Å². The second-order valence-corrected chi connectivity index (χ2v) is 5.90. The zero-order valence-electron chi connectivity index (χ0n) is 12.8. The zero-order chi connectivity index (χ0) is 15.2. The number of nitro benzene ring substituents is 1. The molecule has 1 aliphatic rings. The van der Waals surface area contributed by atoms with Gasteiger partial charge in [0.05, 0.1) is 17.1 Å². The van der Waals surface area contributed by atoms with E-state index in [0.717, 1.165) is 37.4 Å². The van der Waals surface area contributed by atoms with Gasteiger partial charge in [-0.2, -0.15) is 0 Å². The van der Waals surface area contributed by atoms with Crippen molar-refractivity contribution in [1.82, 2.24) is 0 Å². The summed E-state index contributed by atoms with van der Waals surface area (Å²) >= 11 is 0. The van der Waals surface area contributed by atoms with E-state index in [4.69, 9.17) is 4.74 Å². The van der Waals surface area contributed by atoms with E-state index in [9.17, 15) is 10.1 Å². The van der Waals surface area contributed by atoms with Crippen molar-refractivity contribution in [1.29, 1.82) is 0 Å². The van der Waals surface area contributed by atoms with Crippen molar-refractivity contribution in [3.63, 3.8) is 0 Å². The molecular weight excluding hydrogens is 268 g/mol. The number of non-ortho nitro benzene ring substituents is 1. The standard InChI is InChI=1S/C16H24N2O3/c1-3-8-17-13-9-14(18(19)20)11-16(10-13)21-15-6-4-12(2)5-7-15/h9-12,15,17H,3-8H2,1-2H3. The van der Waals surface area contributed by atoms with Gasteiger partial charge >= 0.3 is 0 Å². The molecule has 1 saturated carbocycles. The van der Waals surface area contributed by atoms with Crippen LogP contribution in [-0.2, 0) is 0 Å². The number of hydrogen-bond donors (Lipinski definition) is 1. The molecule has 0 aliphatic heterocycles. The predicted molar refractivity (Wildman–Crippen MR) is 83.9 cm³/mol. The normalized spacial score (nSPS) is 21.8. The highest BCUT2D eigenvalue weighted by Crippen LogP contribution is 2.31. The summed E-state index contributed by atoms with van der Waals surface area (Å²) in [6, 6.07) is 4.95. The molecule has 0 atom stereocenters. The summed E-state index contributed by atoms with van der Waals surface area (Å²) in [7, 11) is 0. The molecule has 0 saturated heterocycles. The van der Waals surface area contributed by atoms with Crippen LogP contribution in [0.3, 0.4) is 0 Å². The van der Waals surface area contributed by atoms with Crippen LogP contribution in [0.5, 0.6) is 5.75 Å². The summed E-state index contributed by atoms with van der Waals surface area (Å²) in [4.78, 5) is 10.7. The molecule has 1 aromatic carbocycles. The van der Waals surface area contributed by atoms with E-state index in [0.29, 0.717) is 5.75 Å². The molecule has 5 heteroatoms. The third-order valence-corrected chi connectivity index (χ3v) is 3.95. The first-order chi connectivity index (χ1) is 10.1. The first-order valence-electron chi connectivity index (χ1n) is 7.78. The van der Waals surface area contributed by atoms with E-state index in [1.165, 1.54) is 18.9 Å². The summed E-state index contributed by atoms with van der Waals surface area (Å²) < 4.78 is 5.97. The van der Waals surface area contributed by atoms with Gasteiger partial charge in [-0.1, -0.05) is 13.8 Å². The predicted octanol–water partition coefficient (Wildman–Crippen LogP) is 4.37. The maximum Gasteiger partial charge on any atom is 0.275 e. The lowest BCUT2D eigenvalue weighted by Gasteiger charge is -2.27. The maximum atomic E-state index is 11.0. The van der Waals surface area contributed by atoms with Crippen LogP contribution < -0.4 is 10.1 Å². The molecule has 0 unspecified atom stereocenters. The molecule has 5 nitrogen and oxygen atoms in total. The highest BCUT2D eigenvalue weighted by Gasteiger charge is 2.20. The monoisotopic (exact) mass is 292 g/mol. The summed E-state index contributed by atoms with van der Waals surface area (Å²) in [5.41, 5.74) is 0.834. The van der Waals surface area contributed by atoms with E-state index in [1.54, 1.807) is 6.07 Å². The fourth-order valence-corrected chi connectivity index (χ4v) is 2.67. The third-order valence-electron chi connectivity index (χ3n) is 3.95. The van der Waals surface area contributed by atoms with Crippen molar-refractivity contribution in [3.05, 3.63) is 28.3 Å². The van der Waals surface area contributed by atoms with Gasteiger partial charge in [-0.3, -0.25) is 10.1 Å². The molecule has 1 fully saturated rings. The Bertz CT molecular complexity index is 482. The van der Waals surface area contributed by atoms with Crippen molar-refractivity contribution in [2.45, 2.75) is 52.1 Å². The van der Waals surface area contributed by atoms with Gasteiger partial charge < -0.3 is 10.1 Å². The van der Waals surface area contributed by atoms with Crippen LogP contribution in [0.1, 0.15) is 46.0 Å². The molecule has 0 aromatic heterocycles. The average Bonchev–Trinajstić information content (AvgIpc) is 2.47. The molecule has 1 aliphatic carbocycles. The zero-order valence-corrected chi connectivity index (χ0v) is 12.8. The second-order valence-electron chi connectivity index (χ2n) is 5.90. The van der Waals surface area contributed by atoms with E-state index < -0.39 is 0 Å². The average molecular weight is 292 g/mol. The molecular formula is C16H24N2O3. The van der Waals surface area contributed by atoms with Crippen LogP contribution in [0.25, 0.3) is 0 Å². The van der Waals surface area contributed by atoms with E-state index in [-0.39, 0.29) is 16.7 Å². The molecule has 0 heterocycles. The van der Waals surface area contributed by atoms with Gasteiger partial charge in [0.25, 0.3) is 5.69 Å². The van der Waals surface area contributed by atoms with Crippen molar-refractivity contribution in [3.8, 4) is 5.75 Å². The minimum atomic E-state index is -0.368. The Morgan fingerprint density at radius 2 is 2.00 bits per heavy atom. The first-order valence-corrected chi connectivity index (χ1v) is 7.78. The number of rotatable bonds is 6. The smallest absolute Gasteiger partial charge is 0.275 e. The molecule has 0 bridgehead atoms. The van der Waals surface area contributed by atoms with Crippen LogP contribution in [0.15, 0.2) is 18.2 Å². The molecule has 2 rings (SSSR count). The Balaban J connectivity index is 2.09. The first kappa shape index (κ1) is 15.6. The van der Waals surface area contributed by atoms with Crippen LogP contribution in [0.4, 0.5) is 11.4 Å². The topological polar surface area (TPSA) is 64.4 Å². The number of nitrogens with zero attached hydrogens (tertiary/aromatic N) is 1. The van der Waals surface area contributed by atoms with Crippen molar-refractivity contribution >= 4 is 11.4 Å². The second kappa shape index (κ2) is 7.29. The summed E-state index contributed by atoms with van der Waals surface area (Å²) in [5.74, 6) is 1.36. The Labute approximate surface area is 125 Å². The molecule has 0 spiro atoms. The van der Waals surface area contributed by atoms with Gasteiger partial charge in [0, 0.05) is 24.4 Å². The minimum Gasteiger partial charge on any atom is -0.490 e. The third kappa shape index (κ3) is 4.62. The van der Waals surface area contributed by atoms with Gasteiger partial charge in [-0.05, 0) is 38.0 Å². The number of ether oxygens (including phenoxy) is 1. The lowest BCUT2D eigenvalue weighted by molar-refractivity contribution is -0.384. The molecule has 21 heavy (non-hydrogen) atoms. The van der Waals surface area contributed by atoms with E-state index in [2.05, 4.69) is 19.2 Å². The number of hydrogen-bond acceptors (Lipinski definition) is 4. The van der Waals surface area contributed by atoms with Crippen molar-refractivity contribution in [2.24, 2.45) is 5.92 Å². The van der Waals surface area contributed by atoms with E-state index in [1.807, 2.05) is 6.07 Å². The Kier molecular flexibility index (Phi) is 5.42. The number of anilines is 1. The van der Waals surface area contributed by atoms with Crippen molar-refractivity contribution < 1.29 is 9.66 Å². The maximum absolute atomic E-state index is 11.0. The summed E-state index contributed by atoms with van der Waals surface area (Å²) in [6.07, 6.45) is 5.55. The summed E-state index contributed by atoms with van der Waals surface area (Å²) in [6.45, 7) is 5.11. The lowest BCUT2D eigenvalue weighted by Crippen LogP contribution is -2.23. The fourth-order valence-electron chi connectivity index (χ4n) is 2.67. The van der Waals surface area contributed by atoms with Gasteiger partial charge in [-0.25, -0.2) is 0 Å². The van der Waals surface area contributed by atoms with Crippen LogP contribution >= 0.6 is 0 Å². The number of benzene rings is 1. The van der Waals surface area contributed by atoms with Gasteiger partial charge in [0.1, 0.15) is 5.75 Å². The van der Waals surface area contributed by atoms with Crippen LogP contribution in [0, 0.1) is 16.0 Å². The Morgan fingerprint density at radius 3 is 2.62 bits per heavy atom. The van der Waals surface area contributed by atoms with Gasteiger partial charge in [0.15, 0.2) is 0 Å². The SMILES string of the molecule is CCCNc1cc(OC2CCC(C)CC2)cc([N+](=O)[O-])c1. The minimum absolute atomic E-state index is 0.0790. The van der Waals surface area contributed by atoms with E-state index >= 15 is 0 Å². The molecule has 0 radical (unpaired) electrons. The molecule has 0 amide bonds. The van der Waals surface area contributed by atoms with Gasteiger partial charge in [0.2, 0.25) is 0 Å². The van der Waals surface area contributed by atoms with Crippen LogP contribution in [-0.4, -0.2) is 17.6 Å². The number of nitrogens with one attached hydrogen (secondary N) is 1. The molecule has 1 N–H and O–H groups in total. The molecule has 116 valence electrons.